The monoisotopic (exact) mass is 491 g/mol. The maximum absolute atomic E-state index is 13.0. The first-order chi connectivity index (χ1) is 16.5. The summed E-state index contributed by atoms with van der Waals surface area (Å²) in [5.41, 5.74) is 3.20. The minimum atomic E-state index is -3.68. The first-order valence-corrected chi connectivity index (χ1v) is 13.3. The number of carbonyl (C=O) groups excluding carboxylic acids is 1. The second-order valence-electron chi connectivity index (χ2n) is 8.46. The molecule has 0 aliphatic carbocycles. The highest BCUT2D eigenvalue weighted by molar-refractivity contribution is 7.90. The van der Waals surface area contributed by atoms with E-state index < -0.39 is 10.0 Å². The number of aromatic nitrogens is 2. The van der Waals surface area contributed by atoms with Gasteiger partial charge in [0.1, 0.15) is 4.90 Å². The van der Waals surface area contributed by atoms with Crippen molar-refractivity contribution in [2.45, 2.75) is 17.7 Å². The number of imidazole rings is 1. The van der Waals surface area contributed by atoms with Gasteiger partial charge < -0.3 is 10.2 Å². The molecule has 1 saturated heterocycles. The van der Waals surface area contributed by atoms with E-state index in [0.717, 1.165) is 34.7 Å². The van der Waals surface area contributed by atoms with E-state index in [0.29, 0.717) is 24.5 Å². The van der Waals surface area contributed by atoms with Gasteiger partial charge in [-0.25, -0.2) is 4.98 Å². The number of nitrogens with one attached hydrogen (secondary N) is 1. The Balaban J connectivity index is 1.15. The van der Waals surface area contributed by atoms with Gasteiger partial charge in [-0.15, -0.1) is 15.7 Å². The molecule has 34 heavy (non-hydrogen) atoms. The summed E-state index contributed by atoms with van der Waals surface area (Å²) in [5, 5.41) is 5.01. The molecule has 1 atom stereocenters. The highest BCUT2D eigenvalue weighted by Gasteiger charge is 2.35. The molecule has 4 heterocycles. The molecule has 0 unspecified atom stereocenters. The van der Waals surface area contributed by atoms with Crippen LogP contribution < -0.4 is 5.32 Å². The van der Waals surface area contributed by atoms with Gasteiger partial charge in [-0.3, -0.25) is 9.20 Å². The maximum Gasteiger partial charge on any atom is 0.285 e. The van der Waals surface area contributed by atoms with Crippen molar-refractivity contribution in [3.8, 4) is 11.3 Å². The normalized spacial score (nSPS) is 19.1. The van der Waals surface area contributed by atoms with E-state index in [2.05, 4.69) is 14.7 Å². The number of likely N-dealkylation sites (tertiary alicyclic amines) is 1. The Morgan fingerprint density at radius 3 is 2.76 bits per heavy atom. The molecule has 10 heteroatoms. The number of hydrogen-bond acceptors (Lipinski definition) is 6. The molecule has 1 N–H and O–H groups in total. The number of rotatable bonds is 3. The van der Waals surface area contributed by atoms with Crippen LogP contribution in [0.15, 0.2) is 75.6 Å². The Labute approximate surface area is 200 Å². The molecule has 0 bridgehead atoms. The molecular weight excluding hydrogens is 470 g/mol. The van der Waals surface area contributed by atoms with Gasteiger partial charge in [0.15, 0.2) is 10.8 Å². The quantitative estimate of drug-likeness (QED) is 0.469. The third-order valence-corrected chi connectivity index (χ3v) is 8.34. The SMILES string of the molecule is O=C(Nc1ccc(-c2cn3ccsc3n2)cc1)[C@H]1CCCN(C2=NS(=O)(=O)c3ccccc32)C1. The molecule has 2 aliphatic heterocycles. The van der Waals surface area contributed by atoms with Crippen LogP contribution in [0.3, 0.4) is 0 Å². The number of hydrogen-bond donors (Lipinski definition) is 1. The lowest BCUT2D eigenvalue weighted by molar-refractivity contribution is -0.121. The Kier molecular flexibility index (Phi) is 5.00. The molecule has 6 rings (SSSR count). The van der Waals surface area contributed by atoms with E-state index in [1.165, 1.54) is 0 Å². The van der Waals surface area contributed by atoms with Crippen LogP contribution in [0.2, 0.25) is 0 Å². The minimum Gasteiger partial charge on any atom is -0.355 e. The van der Waals surface area contributed by atoms with Crippen molar-refractivity contribution < 1.29 is 13.2 Å². The topological polar surface area (TPSA) is 96.1 Å². The van der Waals surface area contributed by atoms with Crippen molar-refractivity contribution in [3.63, 3.8) is 0 Å². The van der Waals surface area contributed by atoms with Crippen molar-refractivity contribution >= 4 is 43.8 Å². The summed E-state index contributed by atoms with van der Waals surface area (Å²) in [6, 6.07) is 14.5. The predicted molar refractivity (Wildman–Crippen MR) is 132 cm³/mol. The number of benzene rings is 2. The van der Waals surface area contributed by atoms with E-state index in [9.17, 15) is 13.2 Å². The third-order valence-electron chi connectivity index (χ3n) is 6.25. The second kappa shape index (κ2) is 8.07. The third kappa shape index (κ3) is 3.68. The molecule has 2 aromatic heterocycles. The van der Waals surface area contributed by atoms with Gasteiger partial charge in [0, 0.05) is 47.7 Å². The molecule has 0 saturated carbocycles. The van der Waals surface area contributed by atoms with E-state index in [-0.39, 0.29) is 16.7 Å². The largest absolute Gasteiger partial charge is 0.355 e. The summed E-state index contributed by atoms with van der Waals surface area (Å²) in [6.07, 6.45) is 5.49. The Morgan fingerprint density at radius 1 is 1.12 bits per heavy atom. The number of amidine groups is 1. The molecule has 2 aromatic carbocycles. The zero-order valence-electron chi connectivity index (χ0n) is 18.1. The number of amides is 1. The van der Waals surface area contributed by atoms with E-state index in [4.69, 9.17) is 0 Å². The summed E-state index contributed by atoms with van der Waals surface area (Å²) in [5.74, 6) is 0.110. The summed E-state index contributed by atoms with van der Waals surface area (Å²) in [6.45, 7) is 1.10. The number of sulfonamides is 1. The lowest BCUT2D eigenvalue weighted by Gasteiger charge is -2.33. The fourth-order valence-electron chi connectivity index (χ4n) is 4.54. The summed E-state index contributed by atoms with van der Waals surface area (Å²) >= 11 is 1.58. The highest BCUT2D eigenvalue weighted by Crippen LogP contribution is 2.30. The molecule has 172 valence electrons. The zero-order valence-corrected chi connectivity index (χ0v) is 19.7. The van der Waals surface area contributed by atoms with Crippen LogP contribution >= 0.6 is 11.3 Å². The molecule has 2 aliphatic rings. The highest BCUT2D eigenvalue weighted by atomic mass is 32.2. The van der Waals surface area contributed by atoms with Crippen molar-refractivity contribution in [3.05, 3.63) is 71.9 Å². The zero-order chi connectivity index (χ0) is 23.3. The van der Waals surface area contributed by atoms with E-state index in [1.807, 2.05) is 51.3 Å². The van der Waals surface area contributed by atoms with Crippen LogP contribution in [-0.4, -0.2) is 47.5 Å². The number of piperidine rings is 1. The lowest BCUT2D eigenvalue weighted by Crippen LogP contribution is -2.43. The van der Waals surface area contributed by atoms with Crippen LogP contribution in [0.5, 0.6) is 0 Å². The minimum absolute atomic E-state index is 0.0744. The van der Waals surface area contributed by atoms with Crippen LogP contribution in [0.1, 0.15) is 18.4 Å². The number of carbonyl (C=O) groups is 1. The van der Waals surface area contributed by atoms with Gasteiger partial charge in [-0.05, 0) is 37.1 Å². The standard InChI is InChI=1S/C24H21N5O3S2/c30-23(25-18-9-7-16(8-10-18)20-15-29-12-13-33-24(29)26-20)17-4-3-11-28(14-17)22-19-5-1-2-6-21(19)34(31,32)27-22/h1-2,5-10,12-13,15,17H,3-4,11,14H2,(H,25,30)/t17-/m0/s1. The molecule has 0 spiro atoms. The first-order valence-electron chi connectivity index (χ1n) is 11.0. The van der Waals surface area contributed by atoms with Gasteiger partial charge in [0.05, 0.1) is 11.6 Å². The average Bonchev–Trinajstić information content (AvgIpc) is 3.52. The van der Waals surface area contributed by atoms with Crippen molar-refractivity contribution in [2.75, 3.05) is 18.4 Å². The predicted octanol–water partition coefficient (Wildman–Crippen LogP) is 3.86. The van der Waals surface area contributed by atoms with E-state index in [1.54, 1.807) is 35.6 Å². The lowest BCUT2D eigenvalue weighted by atomic mass is 9.96. The Hall–Kier alpha value is -3.50. The van der Waals surface area contributed by atoms with Crippen molar-refractivity contribution in [1.29, 1.82) is 0 Å². The van der Waals surface area contributed by atoms with Crippen molar-refractivity contribution in [1.82, 2.24) is 14.3 Å². The van der Waals surface area contributed by atoms with Gasteiger partial charge in [0.25, 0.3) is 10.0 Å². The summed E-state index contributed by atoms with van der Waals surface area (Å²) in [4.78, 5) is 20.7. The molecular formula is C24H21N5O3S2. The molecule has 8 nitrogen and oxygen atoms in total. The first kappa shape index (κ1) is 21.1. The van der Waals surface area contributed by atoms with Crippen LogP contribution in [0.25, 0.3) is 16.2 Å². The molecule has 1 amide bonds. The second-order valence-corrected chi connectivity index (χ2v) is 10.9. The Morgan fingerprint density at radius 2 is 1.94 bits per heavy atom. The number of fused-ring (bicyclic) bond motifs is 2. The Bertz CT molecular complexity index is 1510. The van der Waals surface area contributed by atoms with Crippen LogP contribution in [0.4, 0.5) is 5.69 Å². The van der Waals surface area contributed by atoms with Gasteiger partial charge in [-0.1, -0.05) is 24.3 Å². The van der Waals surface area contributed by atoms with E-state index >= 15 is 0 Å². The van der Waals surface area contributed by atoms with Crippen LogP contribution in [-0.2, 0) is 14.8 Å². The fraction of sp³-hybridized carbons (Fsp3) is 0.208. The number of anilines is 1. The van der Waals surface area contributed by atoms with Gasteiger partial charge in [0.2, 0.25) is 5.91 Å². The fourth-order valence-corrected chi connectivity index (χ4v) is 6.46. The maximum atomic E-state index is 13.0. The molecule has 0 radical (unpaired) electrons. The summed E-state index contributed by atoms with van der Waals surface area (Å²) in [7, 11) is -3.68. The number of thiazole rings is 1. The smallest absolute Gasteiger partial charge is 0.285 e. The number of nitrogens with zero attached hydrogens (tertiary/aromatic N) is 4. The average molecular weight is 492 g/mol. The summed E-state index contributed by atoms with van der Waals surface area (Å²) < 4.78 is 30.9. The van der Waals surface area contributed by atoms with Crippen LogP contribution in [0, 0.1) is 5.92 Å². The molecule has 1 fully saturated rings. The van der Waals surface area contributed by atoms with Crippen molar-refractivity contribution in [2.24, 2.45) is 10.3 Å². The van der Waals surface area contributed by atoms with Gasteiger partial charge in [-0.2, -0.15) is 8.42 Å². The molecule has 4 aromatic rings. The van der Waals surface area contributed by atoms with Gasteiger partial charge >= 0.3 is 0 Å².